The summed E-state index contributed by atoms with van der Waals surface area (Å²) in [6.45, 7) is 5.16. The van der Waals surface area contributed by atoms with Crippen molar-refractivity contribution in [1.29, 1.82) is 0 Å². The quantitative estimate of drug-likeness (QED) is 0.789. The molecule has 2 aliphatic heterocycles. The second-order valence-electron chi connectivity index (χ2n) is 5.13. The van der Waals surface area contributed by atoms with Crippen molar-refractivity contribution in [3.8, 4) is 0 Å². The molecule has 2 fully saturated rings. The number of amides is 1. The van der Waals surface area contributed by atoms with Gasteiger partial charge in [0.1, 0.15) is 0 Å². The lowest BCUT2D eigenvalue weighted by atomic mass is 10.2. The monoisotopic (exact) mass is 271 g/mol. The average molecular weight is 271 g/mol. The van der Waals surface area contributed by atoms with Crippen LogP contribution >= 0.6 is 11.8 Å². The van der Waals surface area contributed by atoms with Crippen molar-refractivity contribution in [1.82, 2.24) is 15.5 Å². The fourth-order valence-electron chi connectivity index (χ4n) is 2.55. The summed E-state index contributed by atoms with van der Waals surface area (Å²) in [5.74, 6) is 2.21. The smallest absolute Gasteiger partial charge is 0.238 e. The Bertz CT molecular complexity index is 249. The van der Waals surface area contributed by atoms with Crippen LogP contribution in [-0.4, -0.2) is 61.1 Å². The summed E-state index contributed by atoms with van der Waals surface area (Å²) in [6.07, 6.45) is 5.36. The predicted octanol–water partition coefficient (Wildman–Crippen LogP) is 0.684. The zero-order valence-corrected chi connectivity index (χ0v) is 11.9. The van der Waals surface area contributed by atoms with Crippen LogP contribution in [-0.2, 0) is 4.79 Å². The van der Waals surface area contributed by atoms with E-state index in [-0.39, 0.29) is 11.9 Å². The minimum Gasteiger partial charge on any atom is -0.353 e. The van der Waals surface area contributed by atoms with Gasteiger partial charge in [-0.2, -0.15) is 11.8 Å². The van der Waals surface area contributed by atoms with Crippen molar-refractivity contribution in [3.05, 3.63) is 0 Å². The van der Waals surface area contributed by atoms with Gasteiger partial charge in [-0.3, -0.25) is 4.79 Å². The molecular formula is C13H25N3OS. The first-order valence-corrected chi connectivity index (χ1v) is 8.33. The van der Waals surface area contributed by atoms with E-state index >= 15 is 0 Å². The molecule has 1 atom stereocenters. The molecule has 2 heterocycles. The van der Waals surface area contributed by atoms with Crippen molar-refractivity contribution in [2.24, 2.45) is 0 Å². The third kappa shape index (κ3) is 4.78. The number of carbonyl (C=O) groups excluding carboxylic acids is 1. The SMILES string of the molecule is O=C(NCCN1CCCCCC1)C1CSCCN1. The van der Waals surface area contributed by atoms with Gasteiger partial charge in [0.2, 0.25) is 5.91 Å². The number of rotatable bonds is 4. The summed E-state index contributed by atoms with van der Waals surface area (Å²) in [7, 11) is 0. The predicted molar refractivity (Wildman–Crippen MR) is 77.0 cm³/mol. The van der Waals surface area contributed by atoms with Crippen molar-refractivity contribution >= 4 is 17.7 Å². The number of hydrogen-bond acceptors (Lipinski definition) is 4. The Morgan fingerprint density at radius 1 is 1.28 bits per heavy atom. The standard InChI is InChI=1S/C13H25N3OS/c17-13(12-11-18-10-6-14-12)15-5-9-16-7-3-1-2-4-8-16/h12,14H,1-11H2,(H,15,17). The van der Waals surface area contributed by atoms with Gasteiger partial charge in [0.25, 0.3) is 0 Å². The van der Waals surface area contributed by atoms with Crippen LogP contribution in [0, 0.1) is 0 Å². The summed E-state index contributed by atoms with van der Waals surface area (Å²) >= 11 is 1.86. The number of thioether (sulfide) groups is 1. The van der Waals surface area contributed by atoms with Gasteiger partial charge in [0.15, 0.2) is 0 Å². The van der Waals surface area contributed by atoms with Crippen molar-refractivity contribution < 1.29 is 4.79 Å². The third-order valence-electron chi connectivity index (χ3n) is 3.66. The van der Waals surface area contributed by atoms with Crippen LogP contribution in [0.5, 0.6) is 0 Å². The lowest BCUT2D eigenvalue weighted by Gasteiger charge is -2.24. The first-order valence-electron chi connectivity index (χ1n) is 7.17. The number of carbonyl (C=O) groups is 1. The van der Waals surface area contributed by atoms with Crippen LogP contribution in [0.15, 0.2) is 0 Å². The molecule has 1 amide bonds. The largest absolute Gasteiger partial charge is 0.353 e. The highest BCUT2D eigenvalue weighted by atomic mass is 32.2. The molecule has 2 saturated heterocycles. The first kappa shape index (κ1) is 14.2. The molecule has 0 aliphatic carbocycles. The molecule has 0 aromatic carbocycles. The van der Waals surface area contributed by atoms with E-state index in [2.05, 4.69) is 15.5 Å². The molecule has 0 saturated carbocycles. The van der Waals surface area contributed by atoms with E-state index in [9.17, 15) is 4.79 Å². The molecule has 104 valence electrons. The zero-order valence-electron chi connectivity index (χ0n) is 11.1. The fourth-order valence-corrected chi connectivity index (χ4v) is 3.49. The molecule has 18 heavy (non-hydrogen) atoms. The van der Waals surface area contributed by atoms with Gasteiger partial charge in [0, 0.05) is 31.1 Å². The molecule has 0 aromatic heterocycles. The summed E-state index contributed by atoms with van der Waals surface area (Å²) in [4.78, 5) is 14.4. The van der Waals surface area contributed by atoms with E-state index in [0.717, 1.165) is 31.1 Å². The molecule has 0 bridgehead atoms. The lowest BCUT2D eigenvalue weighted by molar-refractivity contribution is -0.122. The molecule has 0 spiro atoms. The normalized spacial score (nSPS) is 26.6. The van der Waals surface area contributed by atoms with Crippen LogP contribution in [0.3, 0.4) is 0 Å². The van der Waals surface area contributed by atoms with Crippen molar-refractivity contribution in [2.45, 2.75) is 31.7 Å². The van der Waals surface area contributed by atoms with Gasteiger partial charge in [-0.25, -0.2) is 0 Å². The maximum Gasteiger partial charge on any atom is 0.238 e. The Morgan fingerprint density at radius 2 is 2.06 bits per heavy atom. The first-order chi connectivity index (χ1) is 8.86. The molecule has 4 nitrogen and oxygen atoms in total. The van der Waals surface area contributed by atoms with E-state index in [4.69, 9.17) is 0 Å². The Hall–Kier alpha value is -0.260. The van der Waals surface area contributed by atoms with Crippen LogP contribution < -0.4 is 10.6 Å². The van der Waals surface area contributed by atoms with E-state index < -0.39 is 0 Å². The summed E-state index contributed by atoms with van der Waals surface area (Å²) in [5, 5.41) is 6.33. The van der Waals surface area contributed by atoms with Crippen molar-refractivity contribution in [3.63, 3.8) is 0 Å². The van der Waals surface area contributed by atoms with Gasteiger partial charge in [-0.1, -0.05) is 12.8 Å². The minimum absolute atomic E-state index is 0.0212. The minimum atomic E-state index is 0.0212. The highest BCUT2D eigenvalue weighted by Crippen LogP contribution is 2.09. The zero-order chi connectivity index (χ0) is 12.6. The number of nitrogens with zero attached hydrogens (tertiary/aromatic N) is 1. The lowest BCUT2D eigenvalue weighted by Crippen LogP contribution is -2.50. The van der Waals surface area contributed by atoms with Gasteiger partial charge in [0.05, 0.1) is 6.04 Å². The maximum absolute atomic E-state index is 11.9. The van der Waals surface area contributed by atoms with Gasteiger partial charge >= 0.3 is 0 Å². The third-order valence-corrected chi connectivity index (χ3v) is 4.73. The van der Waals surface area contributed by atoms with Crippen LogP contribution in [0.4, 0.5) is 0 Å². The van der Waals surface area contributed by atoms with Gasteiger partial charge < -0.3 is 15.5 Å². The highest BCUT2D eigenvalue weighted by molar-refractivity contribution is 7.99. The summed E-state index contributed by atoms with van der Waals surface area (Å²) in [6, 6.07) is 0.0212. The molecule has 2 aliphatic rings. The number of nitrogens with one attached hydrogen (secondary N) is 2. The van der Waals surface area contributed by atoms with Crippen LogP contribution in [0.25, 0.3) is 0 Å². The number of likely N-dealkylation sites (tertiary alicyclic amines) is 1. The Kier molecular flexibility index (Phi) is 6.31. The molecule has 1 unspecified atom stereocenters. The highest BCUT2D eigenvalue weighted by Gasteiger charge is 2.20. The molecule has 2 N–H and O–H groups in total. The van der Waals surface area contributed by atoms with E-state index in [1.807, 2.05) is 11.8 Å². The van der Waals surface area contributed by atoms with Crippen LogP contribution in [0.2, 0.25) is 0 Å². The van der Waals surface area contributed by atoms with E-state index in [1.165, 1.54) is 38.8 Å². The second-order valence-corrected chi connectivity index (χ2v) is 6.28. The van der Waals surface area contributed by atoms with E-state index in [0.29, 0.717) is 0 Å². The van der Waals surface area contributed by atoms with Gasteiger partial charge in [-0.05, 0) is 25.9 Å². The number of hydrogen-bond donors (Lipinski definition) is 2. The Labute approximate surface area is 114 Å². The maximum atomic E-state index is 11.9. The second kappa shape index (κ2) is 8.02. The summed E-state index contributed by atoms with van der Waals surface area (Å²) in [5.41, 5.74) is 0. The molecule has 2 rings (SSSR count). The van der Waals surface area contributed by atoms with E-state index in [1.54, 1.807) is 0 Å². The Morgan fingerprint density at radius 3 is 2.72 bits per heavy atom. The molecule has 5 heteroatoms. The average Bonchev–Trinajstić information content (AvgIpc) is 2.68. The Balaban J connectivity index is 1.60. The van der Waals surface area contributed by atoms with Gasteiger partial charge in [-0.15, -0.1) is 0 Å². The molecular weight excluding hydrogens is 246 g/mol. The molecule has 0 aromatic rings. The summed E-state index contributed by atoms with van der Waals surface area (Å²) < 4.78 is 0. The fraction of sp³-hybridized carbons (Fsp3) is 0.923. The van der Waals surface area contributed by atoms with Crippen molar-refractivity contribution in [2.75, 3.05) is 44.2 Å². The topological polar surface area (TPSA) is 44.4 Å². The molecule has 0 radical (unpaired) electrons. The van der Waals surface area contributed by atoms with Crippen LogP contribution in [0.1, 0.15) is 25.7 Å².